The topological polar surface area (TPSA) is 70.7 Å². The van der Waals surface area contributed by atoms with E-state index in [1.807, 2.05) is 53.4 Å². The van der Waals surface area contributed by atoms with Gasteiger partial charge in [-0.3, -0.25) is 4.79 Å². The molecule has 3 heterocycles. The zero-order valence-corrected chi connectivity index (χ0v) is 16.1. The minimum Gasteiger partial charge on any atom is -0.482 e. The fourth-order valence-electron chi connectivity index (χ4n) is 4.33. The minimum atomic E-state index is -0.317. The number of piperidine rings is 1. The zero-order chi connectivity index (χ0) is 19.8. The highest BCUT2D eigenvalue weighted by atomic mass is 16.5. The molecule has 0 aliphatic carbocycles. The molecule has 0 bridgehead atoms. The van der Waals surface area contributed by atoms with Gasteiger partial charge in [-0.1, -0.05) is 42.5 Å². The number of likely N-dealkylation sites (tertiary alicyclic amines) is 1. The average molecular weight is 389 g/mol. The van der Waals surface area contributed by atoms with Crippen LogP contribution in [0.15, 0.2) is 48.5 Å². The molecular weight excluding hydrogens is 366 g/mol. The minimum absolute atomic E-state index is 0.0455. The first kappa shape index (κ1) is 17.8. The van der Waals surface area contributed by atoms with Crippen LogP contribution >= 0.6 is 0 Å². The second-order valence-corrected chi connectivity index (χ2v) is 7.63. The van der Waals surface area contributed by atoms with Gasteiger partial charge in [0.25, 0.3) is 5.91 Å². The summed E-state index contributed by atoms with van der Waals surface area (Å²) in [6, 6.07) is 15.4. The van der Waals surface area contributed by atoms with Gasteiger partial charge in [-0.05, 0) is 25.3 Å². The van der Waals surface area contributed by atoms with Crippen molar-refractivity contribution in [3.63, 3.8) is 0 Å². The van der Waals surface area contributed by atoms with E-state index in [1.54, 1.807) is 0 Å². The van der Waals surface area contributed by atoms with Gasteiger partial charge in [-0.15, -0.1) is 0 Å². The summed E-state index contributed by atoms with van der Waals surface area (Å²) in [6.45, 7) is 1.98. The van der Waals surface area contributed by atoms with Crippen LogP contribution in [0.5, 0.6) is 0 Å². The molecule has 0 spiro atoms. The summed E-state index contributed by atoms with van der Waals surface area (Å²) in [6.07, 6.45) is 2.98. The van der Waals surface area contributed by atoms with Crippen LogP contribution in [0, 0.1) is 0 Å². The smallest absolute Gasteiger partial charge is 0.317 e. The molecule has 1 saturated heterocycles. The zero-order valence-electron chi connectivity index (χ0n) is 16.1. The number of anilines is 1. The molecule has 29 heavy (non-hydrogen) atoms. The van der Waals surface area contributed by atoms with E-state index in [9.17, 15) is 9.59 Å². The Morgan fingerprint density at radius 2 is 1.76 bits per heavy atom. The highest BCUT2D eigenvalue weighted by Crippen LogP contribution is 2.45. The number of carbonyl (C=O) groups is 2. The third-order valence-electron chi connectivity index (χ3n) is 5.79. The number of hydrogen-bond acceptors (Lipinski definition) is 3. The second-order valence-electron chi connectivity index (χ2n) is 7.63. The number of para-hydroxylation sites is 1. The normalized spacial score (nSPS) is 22.6. The number of benzene rings is 2. The summed E-state index contributed by atoms with van der Waals surface area (Å²) in [5.74, 6) is 0.425. The first-order valence-electron chi connectivity index (χ1n) is 10.2. The number of hydrogen-bond donors (Lipinski definition) is 2. The number of carbonyl (C=O) groups excluding carboxylic acids is 2. The van der Waals surface area contributed by atoms with Crippen molar-refractivity contribution < 1.29 is 14.3 Å². The van der Waals surface area contributed by atoms with Crippen LogP contribution < -0.4 is 10.6 Å². The van der Waals surface area contributed by atoms with Crippen molar-refractivity contribution in [2.45, 2.75) is 25.4 Å². The predicted octanol–water partition coefficient (Wildman–Crippen LogP) is 3.77. The number of nitrogens with one attached hydrogen (secondary N) is 2. The number of nitrogens with zero attached hydrogens (tertiary/aromatic N) is 1. The van der Waals surface area contributed by atoms with Crippen molar-refractivity contribution in [1.82, 2.24) is 10.2 Å². The van der Waals surface area contributed by atoms with Gasteiger partial charge < -0.3 is 20.3 Å². The van der Waals surface area contributed by atoms with E-state index in [1.165, 1.54) is 6.42 Å². The molecule has 2 N–H and O–H groups in total. The van der Waals surface area contributed by atoms with Crippen molar-refractivity contribution in [3.05, 3.63) is 65.2 Å². The summed E-state index contributed by atoms with van der Waals surface area (Å²) in [5.41, 5.74) is 4.10. The summed E-state index contributed by atoms with van der Waals surface area (Å²) in [7, 11) is 0. The van der Waals surface area contributed by atoms with Crippen LogP contribution in [0.3, 0.4) is 0 Å². The van der Waals surface area contributed by atoms with Gasteiger partial charge in [0.2, 0.25) is 0 Å². The molecule has 148 valence electrons. The molecule has 6 heteroatoms. The van der Waals surface area contributed by atoms with Crippen molar-refractivity contribution >= 4 is 29.0 Å². The van der Waals surface area contributed by atoms with E-state index in [-0.39, 0.29) is 18.0 Å². The number of amides is 3. The monoisotopic (exact) mass is 389 g/mol. The molecule has 1 fully saturated rings. The molecule has 2 aromatic rings. The van der Waals surface area contributed by atoms with Crippen molar-refractivity contribution in [2.24, 2.45) is 0 Å². The maximum absolute atomic E-state index is 12.7. The van der Waals surface area contributed by atoms with Crippen LogP contribution in [0.2, 0.25) is 0 Å². The van der Waals surface area contributed by atoms with Gasteiger partial charge in [0.1, 0.15) is 11.9 Å². The SMILES string of the molecule is O=C1Nc2ccccc2C1=C1OC(CNC(=O)N2CCCCC2)c2ccccc21. The third kappa shape index (κ3) is 3.14. The first-order chi connectivity index (χ1) is 14.2. The molecule has 0 radical (unpaired) electrons. The van der Waals surface area contributed by atoms with Crippen LogP contribution in [0.4, 0.5) is 10.5 Å². The maximum Gasteiger partial charge on any atom is 0.317 e. The summed E-state index contributed by atoms with van der Waals surface area (Å²) >= 11 is 0. The van der Waals surface area contributed by atoms with E-state index in [0.717, 1.165) is 48.3 Å². The largest absolute Gasteiger partial charge is 0.482 e. The van der Waals surface area contributed by atoms with Crippen molar-refractivity contribution in [3.8, 4) is 0 Å². The molecule has 3 aliphatic heterocycles. The van der Waals surface area contributed by atoms with E-state index < -0.39 is 0 Å². The number of fused-ring (bicyclic) bond motifs is 2. The second kappa shape index (κ2) is 7.28. The third-order valence-corrected chi connectivity index (χ3v) is 5.79. The Morgan fingerprint density at radius 1 is 1.03 bits per heavy atom. The summed E-state index contributed by atoms with van der Waals surface area (Å²) < 4.78 is 6.27. The Balaban J connectivity index is 1.42. The molecule has 1 unspecified atom stereocenters. The summed E-state index contributed by atoms with van der Waals surface area (Å²) in [4.78, 5) is 27.1. The molecule has 3 aliphatic rings. The lowest BCUT2D eigenvalue weighted by Gasteiger charge is -2.27. The van der Waals surface area contributed by atoms with Gasteiger partial charge in [-0.2, -0.15) is 0 Å². The van der Waals surface area contributed by atoms with E-state index in [2.05, 4.69) is 10.6 Å². The Labute approximate surface area is 169 Å². The van der Waals surface area contributed by atoms with Crippen LogP contribution in [-0.2, 0) is 9.53 Å². The summed E-state index contributed by atoms with van der Waals surface area (Å²) in [5, 5.41) is 5.93. The fraction of sp³-hybridized carbons (Fsp3) is 0.304. The molecular formula is C23H23N3O3. The quantitative estimate of drug-likeness (QED) is 0.768. The lowest BCUT2D eigenvalue weighted by molar-refractivity contribution is -0.110. The first-order valence-corrected chi connectivity index (χ1v) is 10.2. The molecule has 1 atom stereocenters. The van der Waals surface area contributed by atoms with Crippen molar-refractivity contribution in [2.75, 3.05) is 25.0 Å². The van der Waals surface area contributed by atoms with Crippen molar-refractivity contribution in [1.29, 1.82) is 0 Å². The van der Waals surface area contributed by atoms with E-state index in [0.29, 0.717) is 17.9 Å². The van der Waals surface area contributed by atoms with Crippen LogP contribution in [0.25, 0.3) is 11.3 Å². The average Bonchev–Trinajstić information content (AvgIpc) is 3.29. The Hall–Kier alpha value is -3.28. The molecule has 5 rings (SSSR count). The lowest BCUT2D eigenvalue weighted by atomic mass is 9.99. The predicted molar refractivity (Wildman–Crippen MR) is 111 cm³/mol. The Bertz CT molecular complexity index is 1010. The molecule has 2 aromatic carbocycles. The standard InChI is InChI=1S/C23H23N3O3/c27-22-20(17-10-4-5-11-18(17)25-22)21-16-9-3-2-8-15(16)19(29-21)14-24-23(28)26-12-6-1-7-13-26/h2-5,8-11,19H,1,6-7,12-14H2,(H,24,28)(H,25,27). The Morgan fingerprint density at radius 3 is 2.59 bits per heavy atom. The molecule has 3 amide bonds. The van der Waals surface area contributed by atoms with E-state index in [4.69, 9.17) is 4.74 Å². The van der Waals surface area contributed by atoms with Gasteiger partial charge in [0.05, 0.1) is 12.1 Å². The van der Waals surface area contributed by atoms with Crippen LogP contribution in [0.1, 0.15) is 42.1 Å². The van der Waals surface area contributed by atoms with Gasteiger partial charge >= 0.3 is 6.03 Å². The molecule has 0 aromatic heterocycles. The number of rotatable bonds is 2. The maximum atomic E-state index is 12.7. The van der Waals surface area contributed by atoms with Gasteiger partial charge in [0, 0.05) is 35.5 Å². The fourth-order valence-corrected chi connectivity index (χ4v) is 4.33. The van der Waals surface area contributed by atoms with Gasteiger partial charge in [0.15, 0.2) is 0 Å². The number of ether oxygens (including phenoxy) is 1. The van der Waals surface area contributed by atoms with E-state index >= 15 is 0 Å². The highest BCUT2D eigenvalue weighted by Gasteiger charge is 2.36. The van der Waals surface area contributed by atoms with Gasteiger partial charge in [-0.25, -0.2) is 4.79 Å². The molecule has 6 nitrogen and oxygen atoms in total. The van der Waals surface area contributed by atoms with Crippen LogP contribution in [-0.4, -0.2) is 36.5 Å². The Kier molecular flexibility index (Phi) is 4.46. The number of urea groups is 1. The lowest BCUT2D eigenvalue weighted by Crippen LogP contribution is -2.43. The molecule has 0 saturated carbocycles. The highest BCUT2D eigenvalue weighted by molar-refractivity contribution is 6.36.